The number of aliphatic hydroxyl groups is 1. The van der Waals surface area contributed by atoms with Crippen LogP contribution in [0.2, 0.25) is 0 Å². The maximum atomic E-state index is 10.0. The van der Waals surface area contributed by atoms with Crippen molar-refractivity contribution in [3.05, 3.63) is 77.2 Å². The first kappa shape index (κ1) is 25.3. The third-order valence-corrected chi connectivity index (χ3v) is 5.31. The molecular formula is C29H36IrNO2-. The SMILES string of the molecule is C.CC(=O)C=C(C)O.[2H]C([2H])(c1ccc2c(-c3[c-]c(C)cc(C)c3)nccc2c1)C1CCCC1.[Ir]. The maximum Gasteiger partial charge on any atom is 0.155 e. The van der Waals surface area contributed by atoms with E-state index >= 15 is 0 Å². The zero-order valence-corrected chi connectivity index (χ0v) is 21.6. The van der Waals surface area contributed by atoms with Gasteiger partial charge in [-0.15, -0.1) is 34.9 Å². The molecule has 179 valence electrons. The second kappa shape index (κ2) is 13.4. The summed E-state index contributed by atoms with van der Waals surface area (Å²) in [6.45, 7) is 6.99. The number of fused-ring (bicyclic) bond motifs is 1. The molecule has 1 aromatic heterocycles. The summed E-state index contributed by atoms with van der Waals surface area (Å²) in [7, 11) is 0. The number of aryl methyl sites for hydroxylation is 2. The number of rotatable bonds is 4. The van der Waals surface area contributed by atoms with Gasteiger partial charge in [0.2, 0.25) is 0 Å². The number of aliphatic hydroxyl groups excluding tert-OH is 1. The van der Waals surface area contributed by atoms with E-state index in [1.54, 1.807) is 0 Å². The van der Waals surface area contributed by atoms with Crippen LogP contribution in [0.3, 0.4) is 0 Å². The van der Waals surface area contributed by atoms with Crippen molar-refractivity contribution in [1.29, 1.82) is 0 Å². The Morgan fingerprint density at radius 3 is 2.45 bits per heavy atom. The number of carbonyl (C=O) groups excluding carboxylic acids is 1. The molecular weight excluding hydrogens is 587 g/mol. The van der Waals surface area contributed by atoms with Gasteiger partial charge in [0.1, 0.15) is 0 Å². The van der Waals surface area contributed by atoms with Crippen molar-refractivity contribution < 1.29 is 32.7 Å². The minimum absolute atomic E-state index is 0. The van der Waals surface area contributed by atoms with Crippen molar-refractivity contribution in [3.63, 3.8) is 0 Å². The number of allylic oxidation sites excluding steroid dienone is 2. The average molecular weight is 625 g/mol. The van der Waals surface area contributed by atoms with Gasteiger partial charge in [-0.1, -0.05) is 65.2 Å². The topological polar surface area (TPSA) is 50.2 Å². The second-order valence-corrected chi connectivity index (χ2v) is 8.37. The van der Waals surface area contributed by atoms with Crippen molar-refractivity contribution in [2.45, 2.75) is 67.2 Å². The summed E-state index contributed by atoms with van der Waals surface area (Å²) in [5.41, 5.74) is 5.01. The molecule has 2 aromatic carbocycles. The van der Waals surface area contributed by atoms with Crippen LogP contribution in [-0.2, 0) is 31.3 Å². The van der Waals surface area contributed by atoms with Crippen molar-refractivity contribution in [2.75, 3.05) is 0 Å². The number of benzene rings is 2. The molecule has 1 fully saturated rings. The molecule has 1 radical (unpaired) electrons. The quantitative estimate of drug-likeness (QED) is 0.184. The zero-order valence-electron chi connectivity index (χ0n) is 21.2. The van der Waals surface area contributed by atoms with Gasteiger partial charge in [-0.05, 0) is 54.2 Å². The first-order valence-corrected chi connectivity index (χ1v) is 10.9. The van der Waals surface area contributed by atoms with Crippen molar-refractivity contribution in [1.82, 2.24) is 4.98 Å². The molecule has 3 aromatic rings. The van der Waals surface area contributed by atoms with Gasteiger partial charge in [-0.3, -0.25) is 4.79 Å². The zero-order chi connectivity index (χ0) is 24.2. The second-order valence-electron chi connectivity index (χ2n) is 8.37. The number of nitrogens with zero attached hydrogens (tertiary/aromatic N) is 1. The number of hydrogen-bond acceptors (Lipinski definition) is 3. The van der Waals surface area contributed by atoms with E-state index in [-0.39, 0.29) is 45.0 Å². The Morgan fingerprint density at radius 1 is 1.18 bits per heavy atom. The van der Waals surface area contributed by atoms with E-state index in [9.17, 15) is 4.79 Å². The smallest absolute Gasteiger partial charge is 0.155 e. The fraction of sp³-hybridized carbons (Fsp3) is 0.379. The number of ketones is 1. The number of hydrogen-bond donors (Lipinski definition) is 1. The molecule has 0 aliphatic heterocycles. The Bertz CT molecular complexity index is 1160. The van der Waals surface area contributed by atoms with Crippen LogP contribution in [0.5, 0.6) is 0 Å². The van der Waals surface area contributed by atoms with Crippen molar-refractivity contribution >= 4 is 16.6 Å². The molecule has 0 bridgehead atoms. The van der Waals surface area contributed by atoms with Crippen LogP contribution in [0.4, 0.5) is 0 Å². The Labute approximate surface area is 215 Å². The molecule has 3 nitrogen and oxygen atoms in total. The van der Waals surface area contributed by atoms with E-state index < -0.39 is 6.37 Å². The molecule has 33 heavy (non-hydrogen) atoms. The minimum atomic E-state index is -1.26. The summed E-state index contributed by atoms with van der Waals surface area (Å²) >= 11 is 0. The summed E-state index contributed by atoms with van der Waals surface area (Å²) in [6, 6.07) is 15.6. The van der Waals surface area contributed by atoms with Gasteiger partial charge in [0.25, 0.3) is 0 Å². The van der Waals surface area contributed by atoms with Crippen LogP contribution >= 0.6 is 0 Å². The summed E-state index contributed by atoms with van der Waals surface area (Å²) in [6.07, 6.45) is 6.00. The van der Waals surface area contributed by atoms with E-state index in [4.69, 9.17) is 7.85 Å². The monoisotopic (exact) mass is 625 g/mol. The standard InChI is InChI=1S/C23H24N.C5H8O2.CH4.Ir/c1-16-11-17(2)13-21(12-16)23-22-8-7-19(14-18-5-3-4-6-18)15-20(22)9-10-24-23;1-4(6)3-5(2)7;;/h7-12,15,18H,3-6,14H2,1-2H3;3,6H,1-2H3;1H4;/q-1;;;/i14D2;;;. The minimum Gasteiger partial charge on any atom is -0.512 e. The van der Waals surface area contributed by atoms with E-state index in [1.807, 2.05) is 30.5 Å². The summed E-state index contributed by atoms with van der Waals surface area (Å²) < 4.78 is 17.3. The fourth-order valence-electron chi connectivity index (χ4n) is 4.11. The molecule has 1 aliphatic carbocycles. The fourth-order valence-corrected chi connectivity index (χ4v) is 4.11. The van der Waals surface area contributed by atoms with Crippen molar-refractivity contribution in [2.24, 2.45) is 5.92 Å². The molecule has 0 saturated heterocycles. The van der Waals surface area contributed by atoms with Gasteiger partial charge >= 0.3 is 0 Å². The van der Waals surface area contributed by atoms with Crippen LogP contribution in [-0.4, -0.2) is 15.9 Å². The third-order valence-electron chi connectivity index (χ3n) is 5.31. The molecule has 1 aliphatic rings. The van der Waals surface area contributed by atoms with E-state index in [2.05, 4.69) is 37.0 Å². The van der Waals surface area contributed by atoms with Crippen LogP contribution in [0.25, 0.3) is 22.0 Å². The summed E-state index contributed by atoms with van der Waals surface area (Å²) in [5.74, 6) is 0.0708. The van der Waals surface area contributed by atoms with E-state index in [0.29, 0.717) is 0 Å². The predicted molar refractivity (Wildman–Crippen MR) is 135 cm³/mol. The number of carbonyl (C=O) groups is 1. The Kier molecular flexibility index (Phi) is 10.3. The normalized spacial score (nSPS) is 14.8. The molecule has 4 heteroatoms. The van der Waals surface area contributed by atoms with Gasteiger partial charge in [0, 0.05) is 35.1 Å². The predicted octanol–water partition coefficient (Wildman–Crippen LogP) is 7.72. The van der Waals surface area contributed by atoms with Gasteiger partial charge < -0.3 is 10.1 Å². The van der Waals surface area contributed by atoms with Gasteiger partial charge in [0.05, 0.1) is 5.76 Å². The van der Waals surface area contributed by atoms with Gasteiger partial charge in [-0.2, -0.15) is 0 Å². The molecule has 0 amide bonds. The van der Waals surface area contributed by atoms with Gasteiger partial charge in [-0.25, -0.2) is 0 Å². The Hall–Kier alpha value is -2.29. The summed E-state index contributed by atoms with van der Waals surface area (Å²) in [5, 5.41) is 10.5. The van der Waals surface area contributed by atoms with Crippen LogP contribution in [0.15, 0.2) is 54.4 Å². The molecule has 0 unspecified atom stereocenters. The third kappa shape index (κ3) is 8.53. The van der Waals surface area contributed by atoms with Crippen molar-refractivity contribution in [3.8, 4) is 11.3 Å². The molecule has 0 atom stereocenters. The molecule has 1 heterocycles. The van der Waals surface area contributed by atoms with E-state index in [1.165, 1.54) is 25.5 Å². The molecule has 1 N–H and O–H groups in total. The maximum absolute atomic E-state index is 10.0. The van der Waals surface area contributed by atoms with Crippen LogP contribution in [0, 0.1) is 25.8 Å². The largest absolute Gasteiger partial charge is 0.512 e. The Balaban J connectivity index is 0.000000601. The first-order valence-electron chi connectivity index (χ1n) is 11.9. The molecule has 0 spiro atoms. The number of aromatic nitrogens is 1. The summed E-state index contributed by atoms with van der Waals surface area (Å²) in [4.78, 5) is 14.6. The number of pyridine rings is 1. The Morgan fingerprint density at radius 2 is 1.88 bits per heavy atom. The molecule has 4 rings (SSSR count). The molecule has 1 saturated carbocycles. The average Bonchev–Trinajstić information content (AvgIpc) is 3.27. The first-order chi connectivity index (χ1) is 15.6. The van der Waals surface area contributed by atoms with E-state index in [0.717, 1.165) is 58.8 Å². The van der Waals surface area contributed by atoms with Crippen LogP contribution < -0.4 is 0 Å². The van der Waals surface area contributed by atoms with Gasteiger partial charge in [0.15, 0.2) is 5.78 Å². The van der Waals surface area contributed by atoms with Crippen LogP contribution in [0.1, 0.15) is 66.4 Å².